The van der Waals surface area contributed by atoms with Gasteiger partial charge in [0.05, 0.1) is 11.0 Å². The molecule has 0 saturated heterocycles. The fourth-order valence-corrected chi connectivity index (χ4v) is 1.89. The van der Waals surface area contributed by atoms with Gasteiger partial charge in [0.25, 0.3) is 0 Å². The van der Waals surface area contributed by atoms with E-state index in [4.69, 9.17) is 0 Å². The molecule has 0 aliphatic carbocycles. The molecule has 20 heavy (non-hydrogen) atoms. The molecule has 0 aliphatic rings. The van der Waals surface area contributed by atoms with Gasteiger partial charge in [0.2, 0.25) is 5.91 Å². The number of hydrogen-bond acceptors (Lipinski definition) is 2. The smallest absolute Gasteiger partial charge is 0.239 e. The van der Waals surface area contributed by atoms with Gasteiger partial charge < -0.3 is 10.6 Å². The Morgan fingerprint density at radius 3 is 2.60 bits per heavy atom. The predicted molar refractivity (Wildman–Crippen MR) is 80.9 cm³/mol. The highest BCUT2D eigenvalue weighted by Gasteiger charge is 2.03. The first-order valence-corrected chi connectivity index (χ1v) is 6.94. The molecular weight excluding hydrogens is 323 g/mol. The number of rotatable bonds is 5. The van der Waals surface area contributed by atoms with Gasteiger partial charge in [0.1, 0.15) is 5.82 Å². The molecule has 0 aliphatic heterocycles. The maximum atomic E-state index is 13.3. The molecule has 0 aromatic heterocycles. The molecule has 0 atom stereocenters. The molecule has 0 unspecified atom stereocenters. The van der Waals surface area contributed by atoms with Crippen molar-refractivity contribution in [2.45, 2.75) is 6.54 Å². The van der Waals surface area contributed by atoms with Crippen molar-refractivity contribution < 1.29 is 9.18 Å². The number of hydrogen-bond donors (Lipinski definition) is 2. The van der Waals surface area contributed by atoms with E-state index in [0.717, 1.165) is 5.56 Å². The lowest BCUT2D eigenvalue weighted by atomic mass is 10.2. The lowest BCUT2D eigenvalue weighted by Gasteiger charge is -2.08. The zero-order valence-electron chi connectivity index (χ0n) is 10.7. The standard InChI is InChI=1S/C15H14BrFN2O/c16-13-7-6-12(8-14(13)17)18-10-15(20)19-9-11-4-2-1-3-5-11/h1-8,18H,9-10H2,(H,19,20). The largest absolute Gasteiger partial charge is 0.376 e. The van der Waals surface area contributed by atoms with Crippen LogP contribution in [0.2, 0.25) is 0 Å². The van der Waals surface area contributed by atoms with Crippen LogP contribution < -0.4 is 10.6 Å². The second-order valence-electron chi connectivity index (χ2n) is 4.24. The molecule has 0 saturated carbocycles. The number of carbonyl (C=O) groups excluding carboxylic acids is 1. The van der Waals surface area contributed by atoms with Crippen LogP contribution >= 0.6 is 15.9 Å². The second-order valence-corrected chi connectivity index (χ2v) is 5.10. The van der Waals surface area contributed by atoms with E-state index in [9.17, 15) is 9.18 Å². The van der Waals surface area contributed by atoms with Gasteiger partial charge in [-0.05, 0) is 39.7 Å². The molecule has 0 radical (unpaired) electrons. The van der Waals surface area contributed by atoms with Gasteiger partial charge in [-0.3, -0.25) is 4.79 Å². The third-order valence-electron chi connectivity index (χ3n) is 2.71. The zero-order valence-corrected chi connectivity index (χ0v) is 12.3. The van der Waals surface area contributed by atoms with Gasteiger partial charge >= 0.3 is 0 Å². The number of benzene rings is 2. The highest BCUT2D eigenvalue weighted by molar-refractivity contribution is 9.10. The normalized spacial score (nSPS) is 10.1. The molecule has 3 nitrogen and oxygen atoms in total. The number of anilines is 1. The fraction of sp³-hybridized carbons (Fsp3) is 0.133. The van der Waals surface area contributed by atoms with Gasteiger partial charge in [-0.25, -0.2) is 4.39 Å². The molecule has 0 spiro atoms. The predicted octanol–water partition coefficient (Wildman–Crippen LogP) is 3.32. The Morgan fingerprint density at radius 2 is 1.90 bits per heavy atom. The number of halogens is 2. The Hall–Kier alpha value is -1.88. The summed E-state index contributed by atoms with van der Waals surface area (Å²) in [4.78, 5) is 11.7. The van der Waals surface area contributed by atoms with Gasteiger partial charge in [-0.2, -0.15) is 0 Å². The topological polar surface area (TPSA) is 41.1 Å². The van der Waals surface area contributed by atoms with Crippen molar-refractivity contribution in [1.82, 2.24) is 5.32 Å². The molecule has 0 bridgehead atoms. The molecule has 1 amide bonds. The molecule has 0 fully saturated rings. The van der Waals surface area contributed by atoms with Gasteiger partial charge in [-0.1, -0.05) is 30.3 Å². The lowest BCUT2D eigenvalue weighted by molar-refractivity contribution is -0.119. The maximum Gasteiger partial charge on any atom is 0.239 e. The van der Waals surface area contributed by atoms with E-state index in [1.807, 2.05) is 30.3 Å². The van der Waals surface area contributed by atoms with Crippen molar-refractivity contribution in [2.24, 2.45) is 0 Å². The van der Waals surface area contributed by atoms with Crippen molar-refractivity contribution in [3.63, 3.8) is 0 Å². The van der Waals surface area contributed by atoms with Gasteiger partial charge in [0.15, 0.2) is 0 Å². The average molecular weight is 337 g/mol. The first-order valence-electron chi connectivity index (χ1n) is 6.15. The highest BCUT2D eigenvalue weighted by atomic mass is 79.9. The Bertz CT molecular complexity index is 590. The van der Waals surface area contributed by atoms with E-state index in [0.29, 0.717) is 16.7 Å². The summed E-state index contributed by atoms with van der Waals surface area (Å²) in [7, 11) is 0. The zero-order chi connectivity index (χ0) is 14.4. The summed E-state index contributed by atoms with van der Waals surface area (Å²) < 4.78 is 13.7. The number of carbonyl (C=O) groups is 1. The summed E-state index contributed by atoms with van der Waals surface area (Å²) in [6.45, 7) is 0.587. The van der Waals surface area contributed by atoms with Crippen LogP contribution in [0.15, 0.2) is 53.0 Å². The lowest BCUT2D eigenvalue weighted by Crippen LogP contribution is -2.29. The molecule has 2 aromatic rings. The number of nitrogens with one attached hydrogen (secondary N) is 2. The SMILES string of the molecule is O=C(CNc1ccc(Br)c(F)c1)NCc1ccccc1. The summed E-state index contributed by atoms with van der Waals surface area (Å²) in [5.41, 5.74) is 1.61. The van der Waals surface area contributed by atoms with Gasteiger partial charge in [-0.15, -0.1) is 0 Å². The second kappa shape index (κ2) is 7.05. The average Bonchev–Trinajstić information content (AvgIpc) is 2.47. The summed E-state index contributed by atoms with van der Waals surface area (Å²) >= 11 is 3.08. The van der Waals surface area contributed by atoms with Crippen LogP contribution in [0.25, 0.3) is 0 Å². The van der Waals surface area contributed by atoms with E-state index < -0.39 is 0 Å². The van der Waals surface area contributed by atoms with Crippen molar-refractivity contribution in [1.29, 1.82) is 0 Å². The van der Waals surface area contributed by atoms with Crippen LogP contribution in [0, 0.1) is 5.82 Å². The summed E-state index contributed by atoms with van der Waals surface area (Å²) in [5, 5.41) is 5.67. The van der Waals surface area contributed by atoms with Crippen molar-refractivity contribution in [3.05, 3.63) is 64.4 Å². The highest BCUT2D eigenvalue weighted by Crippen LogP contribution is 2.18. The van der Waals surface area contributed by atoms with Crippen LogP contribution in [0.3, 0.4) is 0 Å². The molecular formula is C15H14BrFN2O. The summed E-state index contributed by atoms with van der Waals surface area (Å²) in [6, 6.07) is 14.3. The monoisotopic (exact) mass is 336 g/mol. The molecule has 2 aromatic carbocycles. The van der Waals surface area contributed by atoms with E-state index in [1.165, 1.54) is 6.07 Å². The fourth-order valence-electron chi connectivity index (χ4n) is 1.65. The van der Waals surface area contributed by atoms with Gasteiger partial charge in [0, 0.05) is 12.2 Å². The summed E-state index contributed by atoms with van der Waals surface area (Å²) in [5.74, 6) is -0.503. The minimum Gasteiger partial charge on any atom is -0.376 e. The Morgan fingerprint density at radius 1 is 1.15 bits per heavy atom. The van der Waals surface area contributed by atoms with Crippen molar-refractivity contribution in [3.8, 4) is 0 Å². The van der Waals surface area contributed by atoms with Crippen LogP contribution in [0.5, 0.6) is 0 Å². The van der Waals surface area contributed by atoms with Crippen LogP contribution in [0.4, 0.5) is 10.1 Å². The first kappa shape index (κ1) is 14.5. The minimum absolute atomic E-state index is 0.105. The van der Waals surface area contributed by atoms with E-state index >= 15 is 0 Å². The molecule has 2 rings (SSSR count). The van der Waals surface area contributed by atoms with E-state index in [-0.39, 0.29) is 18.3 Å². The Labute approximate surface area is 125 Å². The third kappa shape index (κ3) is 4.35. The van der Waals surface area contributed by atoms with E-state index in [2.05, 4.69) is 26.6 Å². The molecule has 2 N–H and O–H groups in total. The van der Waals surface area contributed by atoms with Crippen LogP contribution in [0.1, 0.15) is 5.56 Å². The van der Waals surface area contributed by atoms with Crippen LogP contribution in [-0.2, 0) is 11.3 Å². The number of amides is 1. The maximum absolute atomic E-state index is 13.3. The van der Waals surface area contributed by atoms with Crippen molar-refractivity contribution in [2.75, 3.05) is 11.9 Å². The van der Waals surface area contributed by atoms with Crippen molar-refractivity contribution >= 4 is 27.5 Å². The quantitative estimate of drug-likeness (QED) is 0.879. The molecule has 5 heteroatoms. The molecule has 104 valence electrons. The minimum atomic E-state index is -0.361. The van der Waals surface area contributed by atoms with E-state index in [1.54, 1.807) is 12.1 Å². The first-order chi connectivity index (χ1) is 9.65. The third-order valence-corrected chi connectivity index (χ3v) is 3.35. The van der Waals surface area contributed by atoms with Crippen LogP contribution in [-0.4, -0.2) is 12.5 Å². The Kier molecular flexibility index (Phi) is 5.12. The molecule has 0 heterocycles. The summed E-state index contributed by atoms with van der Waals surface area (Å²) in [6.07, 6.45) is 0. The Balaban J connectivity index is 1.79.